The van der Waals surface area contributed by atoms with Crippen LogP contribution < -0.4 is 20.1 Å². The van der Waals surface area contributed by atoms with Crippen LogP contribution in [0.2, 0.25) is 0 Å². The second-order valence-electron chi connectivity index (χ2n) is 4.69. The van der Waals surface area contributed by atoms with E-state index in [1.54, 1.807) is 43.5 Å². The molecule has 0 unspecified atom stereocenters. The highest BCUT2D eigenvalue weighted by Crippen LogP contribution is 2.27. The van der Waals surface area contributed by atoms with Crippen LogP contribution >= 0.6 is 12.2 Å². The van der Waals surface area contributed by atoms with Crippen molar-refractivity contribution in [2.45, 2.75) is 13.5 Å². The van der Waals surface area contributed by atoms with Gasteiger partial charge in [-0.1, -0.05) is 6.07 Å². The molecule has 0 radical (unpaired) electrons. The molecular formula is C16H16F2N2O2S. The second-order valence-corrected chi connectivity index (χ2v) is 5.09. The average Bonchev–Trinajstić information content (AvgIpc) is 2.50. The average molecular weight is 338 g/mol. The van der Waals surface area contributed by atoms with Gasteiger partial charge in [0.05, 0.1) is 12.8 Å². The van der Waals surface area contributed by atoms with Gasteiger partial charge in [-0.2, -0.15) is 8.78 Å². The van der Waals surface area contributed by atoms with E-state index in [0.29, 0.717) is 5.69 Å². The van der Waals surface area contributed by atoms with Crippen molar-refractivity contribution in [1.82, 2.24) is 0 Å². The Kier molecular flexibility index (Phi) is 5.70. The molecule has 0 atom stereocenters. The van der Waals surface area contributed by atoms with E-state index in [0.717, 1.165) is 17.0 Å². The summed E-state index contributed by atoms with van der Waals surface area (Å²) < 4.78 is 34.4. The molecule has 0 amide bonds. The largest absolute Gasteiger partial charge is 0.497 e. The molecule has 2 N–H and O–H groups in total. The Morgan fingerprint density at radius 3 is 2.39 bits per heavy atom. The smallest absolute Gasteiger partial charge is 0.387 e. The third-order valence-electron chi connectivity index (χ3n) is 2.95. The van der Waals surface area contributed by atoms with Crippen molar-refractivity contribution in [3.63, 3.8) is 0 Å². The number of hydrogen-bond acceptors (Lipinski definition) is 3. The van der Waals surface area contributed by atoms with E-state index < -0.39 is 6.61 Å². The molecule has 0 aliphatic carbocycles. The predicted molar refractivity (Wildman–Crippen MR) is 90.6 cm³/mol. The molecule has 4 nitrogen and oxygen atoms in total. The molecule has 2 aromatic carbocycles. The molecular weight excluding hydrogens is 322 g/mol. The molecule has 23 heavy (non-hydrogen) atoms. The zero-order valence-electron chi connectivity index (χ0n) is 12.6. The summed E-state index contributed by atoms with van der Waals surface area (Å²) in [6.45, 7) is -1.06. The molecule has 0 aromatic heterocycles. The third kappa shape index (κ3) is 5.07. The number of ether oxygens (including phenoxy) is 2. The Balaban J connectivity index is 2.08. The van der Waals surface area contributed by atoms with Gasteiger partial charge in [0.25, 0.3) is 0 Å². The maximum absolute atomic E-state index is 12.4. The first kappa shape index (κ1) is 17.0. The van der Waals surface area contributed by atoms with E-state index >= 15 is 0 Å². The summed E-state index contributed by atoms with van der Waals surface area (Å²) >= 11 is 5.20. The lowest BCUT2D eigenvalue weighted by Crippen LogP contribution is -2.20. The van der Waals surface area contributed by atoms with Crippen molar-refractivity contribution in [3.05, 3.63) is 48.0 Å². The number of benzene rings is 2. The number of aryl methyl sites for hydroxylation is 1. The first-order chi connectivity index (χ1) is 11.0. The van der Waals surface area contributed by atoms with Gasteiger partial charge in [-0.3, -0.25) is 0 Å². The fourth-order valence-electron chi connectivity index (χ4n) is 1.90. The van der Waals surface area contributed by atoms with Gasteiger partial charge in [0.15, 0.2) is 5.11 Å². The molecule has 0 aliphatic rings. The highest BCUT2D eigenvalue weighted by molar-refractivity contribution is 7.80. The first-order valence-electron chi connectivity index (χ1n) is 6.75. The number of anilines is 2. The molecule has 0 bridgehead atoms. The molecule has 0 saturated heterocycles. The van der Waals surface area contributed by atoms with Gasteiger partial charge < -0.3 is 20.1 Å². The van der Waals surface area contributed by atoms with Crippen molar-refractivity contribution >= 4 is 28.7 Å². The van der Waals surface area contributed by atoms with Crippen molar-refractivity contribution in [3.8, 4) is 11.5 Å². The minimum atomic E-state index is -2.90. The summed E-state index contributed by atoms with van der Waals surface area (Å²) in [6.07, 6.45) is 0. The van der Waals surface area contributed by atoms with Crippen LogP contribution in [0.1, 0.15) is 5.56 Å². The topological polar surface area (TPSA) is 42.5 Å². The fraction of sp³-hybridized carbons (Fsp3) is 0.188. The number of nitrogens with one attached hydrogen (secondary N) is 2. The van der Waals surface area contributed by atoms with Gasteiger partial charge in [-0.15, -0.1) is 0 Å². The number of hydrogen-bond donors (Lipinski definition) is 2. The molecule has 122 valence electrons. The van der Waals surface area contributed by atoms with Crippen LogP contribution in [0.4, 0.5) is 20.2 Å². The maximum atomic E-state index is 12.4. The van der Waals surface area contributed by atoms with E-state index in [1.807, 2.05) is 6.92 Å². The van der Waals surface area contributed by atoms with E-state index in [9.17, 15) is 8.78 Å². The molecule has 0 spiro atoms. The highest BCUT2D eigenvalue weighted by Gasteiger charge is 2.11. The first-order valence-corrected chi connectivity index (χ1v) is 7.16. The normalized spacial score (nSPS) is 10.3. The van der Waals surface area contributed by atoms with Crippen molar-refractivity contribution in [2.24, 2.45) is 0 Å². The molecule has 0 saturated carbocycles. The summed E-state index contributed by atoms with van der Waals surface area (Å²) in [7, 11) is 1.58. The lowest BCUT2D eigenvalue weighted by Gasteiger charge is -2.15. The van der Waals surface area contributed by atoms with E-state index in [2.05, 4.69) is 15.4 Å². The Bertz CT molecular complexity index is 678. The van der Waals surface area contributed by atoms with Crippen molar-refractivity contribution < 1.29 is 18.3 Å². The Morgan fingerprint density at radius 2 is 1.78 bits per heavy atom. The molecule has 0 fully saturated rings. The Hall–Kier alpha value is -2.41. The van der Waals surface area contributed by atoms with E-state index in [4.69, 9.17) is 17.0 Å². The fourth-order valence-corrected chi connectivity index (χ4v) is 2.13. The predicted octanol–water partition coefficient (Wildman–Crippen LogP) is 4.41. The number of thiocarbonyl (C=S) groups is 1. The third-order valence-corrected chi connectivity index (χ3v) is 3.15. The van der Waals surface area contributed by atoms with Gasteiger partial charge in [-0.25, -0.2) is 0 Å². The van der Waals surface area contributed by atoms with Gasteiger partial charge in [0, 0.05) is 5.69 Å². The Morgan fingerprint density at radius 1 is 1.09 bits per heavy atom. The van der Waals surface area contributed by atoms with E-state index in [-0.39, 0.29) is 10.9 Å². The molecule has 0 aliphatic heterocycles. The molecule has 7 heteroatoms. The zero-order valence-corrected chi connectivity index (χ0v) is 13.4. The quantitative estimate of drug-likeness (QED) is 0.790. The lowest BCUT2D eigenvalue weighted by molar-refractivity contribution is -0.0493. The maximum Gasteiger partial charge on any atom is 0.387 e. The van der Waals surface area contributed by atoms with Crippen LogP contribution in [0.25, 0.3) is 0 Å². The number of halogens is 2. The summed E-state index contributed by atoms with van der Waals surface area (Å²) in [5.74, 6) is 0.755. The molecule has 0 heterocycles. The van der Waals surface area contributed by atoms with Crippen LogP contribution in [-0.2, 0) is 0 Å². The summed E-state index contributed by atoms with van der Waals surface area (Å²) in [5, 5.41) is 6.09. The van der Waals surface area contributed by atoms with Gasteiger partial charge in [-0.05, 0) is 61.1 Å². The van der Waals surface area contributed by atoms with Crippen LogP contribution in [0.3, 0.4) is 0 Å². The highest BCUT2D eigenvalue weighted by atomic mass is 32.1. The summed E-state index contributed by atoms with van der Waals surface area (Å²) in [4.78, 5) is 0. The van der Waals surface area contributed by atoms with Crippen molar-refractivity contribution in [1.29, 1.82) is 0 Å². The standard InChI is InChI=1S/C16H16F2N2O2S/c1-10-3-8-14(22-15(17)18)13(9-10)20-16(23)19-11-4-6-12(21-2)7-5-11/h3-9,15H,1-2H3,(H2,19,20,23). The molecule has 2 rings (SSSR count). The Labute approximate surface area is 138 Å². The van der Waals surface area contributed by atoms with E-state index in [1.165, 1.54) is 6.07 Å². The lowest BCUT2D eigenvalue weighted by atomic mass is 10.2. The summed E-state index contributed by atoms with van der Waals surface area (Å²) in [5.41, 5.74) is 2.00. The van der Waals surface area contributed by atoms with Gasteiger partial charge >= 0.3 is 6.61 Å². The van der Waals surface area contributed by atoms with Crippen LogP contribution in [0, 0.1) is 6.92 Å². The van der Waals surface area contributed by atoms with Gasteiger partial charge in [0.2, 0.25) is 0 Å². The SMILES string of the molecule is COc1ccc(NC(=S)Nc2cc(C)ccc2OC(F)F)cc1. The van der Waals surface area contributed by atoms with Crippen LogP contribution in [-0.4, -0.2) is 18.8 Å². The van der Waals surface area contributed by atoms with Crippen LogP contribution in [0.15, 0.2) is 42.5 Å². The van der Waals surface area contributed by atoms with Crippen LogP contribution in [0.5, 0.6) is 11.5 Å². The van der Waals surface area contributed by atoms with Gasteiger partial charge in [0.1, 0.15) is 11.5 Å². The minimum absolute atomic E-state index is 0.0319. The number of alkyl halides is 2. The number of methoxy groups -OCH3 is 1. The zero-order chi connectivity index (χ0) is 16.8. The minimum Gasteiger partial charge on any atom is -0.497 e. The monoisotopic (exact) mass is 338 g/mol. The second kappa shape index (κ2) is 7.73. The van der Waals surface area contributed by atoms with Crippen molar-refractivity contribution in [2.75, 3.05) is 17.7 Å². The molecule has 2 aromatic rings. The number of rotatable bonds is 5. The summed E-state index contributed by atoms with van der Waals surface area (Å²) in [6, 6.07) is 12.0.